The van der Waals surface area contributed by atoms with E-state index in [0.717, 1.165) is 11.3 Å². The summed E-state index contributed by atoms with van der Waals surface area (Å²) in [5.74, 6) is 1.09. The Kier molecular flexibility index (Phi) is 6.06. The minimum atomic E-state index is -0.264. The summed E-state index contributed by atoms with van der Waals surface area (Å²) in [5.41, 5.74) is 1.43. The molecule has 0 saturated heterocycles. The molecule has 0 bridgehead atoms. The summed E-state index contributed by atoms with van der Waals surface area (Å²) in [6.45, 7) is 2.56. The molecule has 0 aliphatic carbocycles. The third-order valence-corrected chi connectivity index (χ3v) is 3.27. The maximum absolute atomic E-state index is 12.0. The molecular formula is C18H18ClNO3. The fourth-order valence-electron chi connectivity index (χ4n) is 1.97. The molecule has 0 fully saturated rings. The van der Waals surface area contributed by atoms with Crippen molar-refractivity contribution in [2.24, 2.45) is 0 Å². The van der Waals surface area contributed by atoms with Crippen LogP contribution in [0.15, 0.2) is 48.5 Å². The van der Waals surface area contributed by atoms with E-state index in [1.165, 1.54) is 13.2 Å². The molecule has 0 saturated carbocycles. The highest BCUT2D eigenvalue weighted by Crippen LogP contribution is 2.27. The summed E-state index contributed by atoms with van der Waals surface area (Å²) in [5, 5.41) is 3.27. The van der Waals surface area contributed by atoms with Crippen molar-refractivity contribution in [2.75, 3.05) is 19.0 Å². The second kappa shape index (κ2) is 8.25. The van der Waals surface area contributed by atoms with E-state index in [4.69, 9.17) is 21.1 Å². The highest BCUT2D eigenvalue weighted by atomic mass is 35.5. The van der Waals surface area contributed by atoms with Crippen LogP contribution in [0, 0.1) is 0 Å². The molecule has 0 atom stereocenters. The summed E-state index contributed by atoms with van der Waals surface area (Å²) >= 11 is 5.93. The molecule has 0 aliphatic rings. The van der Waals surface area contributed by atoms with E-state index >= 15 is 0 Å². The molecule has 4 nitrogen and oxygen atoms in total. The number of hydrogen-bond acceptors (Lipinski definition) is 3. The Hall–Kier alpha value is -2.46. The topological polar surface area (TPSA) is 47.6 Å². The van der Waals surface area contributed by atoms with Gasteiger partial charge < -0.3 is 14.8 Å². The van der Waals surface area contributed by atoms with Crippen molar-refractivity contribution in [3.63, 3.8) is 0 Å². The Bertz CT molecular complexity index is 696. The van der Waals surface area contributed by atoms with Gasteiger partial charge in [0.05, 0.1) is 19.4 Å². The van der Waals surface area contributed by atoms with Gasteiger partial charge in [-0.05, 0) is 48.9 Å². The summed E-state index contributed by atoms with van der Waals surface area (Å²) < 4.78 is 10.6. The average molecular weight is 332 g/mol. The van der Waals surface area contributed by atoms with Gasteiger partial charge in [0, 0.05) is 11.1 Å². The lowest BCUT2D eigenvalue weighted by Crippen LogP contribution is -2.08. The Morgan fingerprint density at radius 1 is 1.22 bits per heavy atom. The van der Waals surface area contributed by atoms with Gasteiger partial charge in [-0.2, -0.15) is 0 Å². The molecule has 0 spiro atoms. The first-order valence-corrected chi connectivity index (χ1v) is 7.55. The largest absolute Gasteiger partial charge is 0.495 e. The van der Waals surface area contributed by atoms with Crippen LogP contribution in [-0.4, -0.2) is 19.6 Å². The van der Waals surface area contributed by atoms with Gasteiger partial charge in [0.1, 0.15) is 11.5 Å². The lowest BCUT2D eigenvalue weighted by atomic mass is 10.2. The number of rotatable bonds is 6. The van der Waals surface area contributed by atoms with Crippen molar-refractivity contribution in [1.29, 1.82) is 0 Å². The molecule has 5 heteroatoms. The van der Waals surface area contributed by atoms with Crippen LogP contribution in [0.3, 0.4) is 0 Å². The van der Waals surface area contributed by atoms with Gasteiger partial charge in [-0.3, -0.25) is 4.79 Å². The van der Waals surface area contributed by atoms with E-state index in [1.54, 1.807) is 24.3 Å². The number of halogens is 1. The summed E-state index contributed by atoms with van der Waals surface area (Å²) in [4.78, 5) is 12.0. The molecule has 1 N–H and O–H groups in total. The van der Waals surface area contributed by atoms with E-state index in [0.29, 0.717) is 23.1 Å². The zero-order chi connectivity index (χ0) is 16.7. The van der Waals surface area contributed by atoms with Crippen LogP contribution < -0.4 is 14.8 Å². The van der Waals surface area contributed by atoms with Crippen LogP contribution in [0.4, 0.5) is 5.69 Å². The second-order valence-corrected chi connectivity index (χ2v) is 5.11. The molecule has 23 heavy (non-hydrogen) atoms. The lowest BCUT2D eigenvalue weighted by Gasteiger charge is -2.09. The summed E-state index contributed by atoms with van der Waals surface area (Å²) in [6.07, 6.45) is 3.18. The van der Waals surface area contributed by atoms with Gasteiger partial charge in [-0.15, -0.1) is 0 Å². The zero-order valence-corrected chi connectivity index (χ0v) is 13.8. The molecule has 0 unspecified atom stereocenters. The number of hydrogen-bond donors (Lipinski definition) is 1. The van der Waals surface area contributed by atoms with Crippen LogP contribution in [0.2, 0.25) is 5.02 Å². The van der Waals surface area contributed by atoms with Crippen LogP contribution >= 0.6 is 11.6 Å². The lowest BCUT2D eigenvalue weighted by molar-refractivity contribution is -0.111. The molecule has 120 valence electrons. The number of methoxy groups -OCH3 is 1. The quantitative estimate of drug-likeness (QED) is 0.798. The first-order chi connectivity index (χ1) is 11.1. The first kappa shape index (κ1) is 16.9. The van der Waals surface area contributed by atoms with Gasteiger partial charge in [-0.1, -0.05) is 23.7 Å². The van der Waals surface area contributed by atoms with Crippen LogP contribution in [0.1, 0.15) is 12.5 Å². The molecule has 0 heterocycles. The van der Waals surface area contributed by atoms with Crippen molar-refractivity contribution in [3.8, 4) is 11.5 Å². The van der Waals surface area contributed by atoms with E-state index in [-0.39, 0.29) is 5.91 Å². The predicted molar refractivity (Wildman–Crippen MR) is 93.3 cm³/mol. The Balaban J connectivity index is 2.03. The van der Waals surface area contributed by atoms with Gasteiger partial charge >= 0.3 is 0 Å². The number of carbonyl (C=O) groups excluding carboxylic acids is 1. The Morgan fingerprint density at radius 3 is 2.61 bits per heavy atom. The fourth-order valence-corrected chi connectivity index (χ4v) is 2.14. The molecular weight excluding hydrogens is 314 g/mol. The average Bonchev–Trinajstić information content (AvgIpc) is 2.55. The number of carbonyl (C=O) groups is 1. The van der Waals surface area contributed by atoms with E-state index in [2.05, 4.69) is 5.32 Å². The normalized spacial score (nSPS) is 10.6. The molecule has 0 aromatic heterocycles. The highest BCUT2D eigenvalue weighted by molar-refractivity contribution is 6.31. The molecule has 2 rings (SSSR count). The van der Waals surface area contributed by atoms with Gasteiger partial charge in [0.25, 0.3) is 0 Å². The van der Waals surface area contributed by atoms with Crippen LogP contribution in [-0.2, 0) is 4.79 Å². The predicted octanol–water partition coefficient (Wildman–Crippen LogP) is 4.40. The van der Waals surface area contributed by atoms with E-state index in [9.17, 15) is 4.79 Å². The fraction of sp³-hybridized carbons (Fsp3) is 0.167. The number of ether oxygens (including phenoxy) is 2. The monoisotopic (exact) mass is 331 g/mol. The molecule has 0 aliphatic heterocycles. The van der Waals surface area contributed by atoms with Crippen molar-refractivity contribution < 1.29 is 14.3 Å². The van der Waals surface area contributed by atoms with Crippen molar-refractivity contribution >= 4 is 29.3 Å². The molecule has 1 amide bonds. The maximum atomic E-state index is 12.0. The number of anilines is 1. The molecule has 2 aromatic carbocycles. The van der Waals surface area contributed by atoms with Crippen molar-refractivity contribution in [2.45, 2.75) is 6.92 Å². The summed E-state index contributed by atoms with van der Waals surface area (Å²) in [7, 11) is 1.54. The SMILES string of the molecule is CCOc1ccc(C=CC(=O)Nc2cc(Cl)ccc2OC)cc1. The minimum absolute atomic E-state index is 0.264. The van der Waals surface area contributed by atoms with Gasteiger partial charge in [-0.25, -0.2) is 0 Å². The van der Waals surface area contributed by atoms with E-state index < -0.39 is 0 Å². The standard InChI is InChI=1S/C18H18ClNO3/c1-3-23-15-8-4-13(5-9-15)6-11-18(21)20-16-12-14(19)7-10-17(16)22-2/h4-12H,3H2,1-2H3,(H,20,21). The summed E-state index contributed by atoms with van der Waals surface area (Å²) in [6, 6.07) is 12.5. The highest BCUT2D eigenvalue weighted by Gasteiger charge is 2.06. The van der Waals surface area contributed by atoms with Gasteiger partial charge in [0.15, 0.2) is 0 Å². The molecule has 2 aromatic rings. The Morgan fingerprint density at radius 2 is 1.96 bits per heavy atom. The maximum Gasteiger partial charge on any atom is 0.248 e. The number of benzene rings is 2. The zero-order valence-electron chi connectivity index (χ0n) is 13.0. The van der Waals surface area contributed by atoms with Gasteiger partial charge in [0.2, 0.25) is 5.91 Å². The van der Waals surface area contributed by atoms with Crippen LogP contribution in [0.5, 0.6) is 11.5 Å². The minimum Gasteiger partial charge on any atom is -0.495 e. The third kappa shape index (κ3) is 5.04. The van der Waals surface area contributed by atoms with Crippen LogP contribution in [0.25, 0.3) is 6.08 Å². The smallest absolute Gasteiger partial charge is 0.248 e. The first-order valence-electron chi connectivity index (χ1n) is 7.18. The van der Waals surface area contributed by atoms with E-state index in [1.807, 2.05) is 31.2 Å². The third-order valence-electron chi connectivity index (χ3n) is 3.04. The second-order valence-electron chi connectivity index (χ2n) is 4.67. The Labute approximate surface area is 140 Å². The van der Waals surface area contributed by atoms with Crippen molar-refractivity contribution in [3.05, 3.63) is 59.1 Å². The molecule has 0 radical (unpaired) electrons. The number of amides is 1. The number of nitrogens with one attached hydrogen (secondary N) is 1. The van der Waals surface area contributed by atoms with Crippen molar-refractivity contribution in [1.82, 2.24) is 0 Å².